The summed E-state index contributed by atoms with van der Waals surface area (Å²) >= 11 is 1.67. The Balaban J connectivity index is 1.28. The standard InChI is InChI=1S/C29H30N2O2S/c1-2-19-30-27(32)29(23-14-6-4-12-21(23)22-13-5-7-15-24(22)29)18-10-3-11-20-34-28-31-25-16-8-9-17-26(25)33-28/h4-9,12-17H,2-3,10-11,18-20H2,1H3,(H,30,32). The lowest BCUT2D eigenvalue weighted by molar-refractivity contribution is -0.125. The largest absolute Gasteiger partial charge is 0.431 e. The lowest BCUT2D eigenvalue weighted by atomic mass is 9.73. The van der Waals surface area contributed by atoms with Gasteiger partial charge in [0.2, 0.25) is 5.91 Å². The first-order valence-electron chi connectivity index (χ1n) is 12.2. The SMILES string of the molecule is CCCNC(=O)C1(CCCCCSc2nc3ccccc3o2)c2ccccc2-c2ccccc21. The van der Waals surface area contributed by atoms with Crippen LogP contribution in [0.25, 0.3) is 22.2 Å². The van der Waals surface area contributed by atoms with Crippen molar-refractivity contribution in [1.82, 2.24) is 10.3 Å². The van der Waals surface area contributed by atoms with Gasteiger partial charge >= 0.3 is 0 Å². The molecule has 0 saturated heterocycles. The second-order valence-corrected chi connectivity index (χ2v) is 9.91. The van der Waals surface area contributed by atoms with Crippen LogP contribution in [0.1, 0.15) is 50.2 Å². The molecule has 4 nitrogen and oxygen atoms in total. The Bertz CT molecular complexity index is 1220. The number of oxazole rings is 1. The summed E-state index contributed by atoms with van der Waals surface area (Å²) in [7, 11) is 0. The Morgan fingerprint density at radius 2 is 1.59 bits per heavy atom. The zero-order valence-electron chi connectivity index (χ0n) is 19.5. The Morgan fingerprint density at radius 3 is 2.29 bits per heavy atom. The van der Waals surface area contributed by atoms with E-state index in [1.54, 1.807) is 11.8 Å². The van der Waals surface area contributed by atoms with Crippen molar-refractivity contribution < 1.29 is 9.21 Å². The van der Waals surface area contributed by atoms with Crippen molar-refractivity contribution in [2.24, 2.45) is 0 Å². The van der Waals surface area contributed by atoms with E-state index in [0.717, 1.165) is 65.3 Å². The number of benzene rings is 3. The van der Waals surface area contributed by atoms with E-state index in [0.29, 0.717) is 6.54 Å². The Hall–Kier alpha value is -3.05. The molecule has 0 bridgehead atoms. The van der Waals surface area contributed by atoms with E-state index in [9.17, 15) is 4.79 Å². The summed E-state index contributed by atoms with van der Waals surface area (Å²) in [6.07, 6.45) is 4.83. The summed E-state index contributed by atoms with van der Waals surface area (Å²) in [4.78, 5) is 18.3. The second kappa shape index (κ2) is 10.1. The maximum absolute atomic E-state index is 13.7. The van der Waals surface area contributed by atoms with Crippen LogP contribution >= 0.6 is 11.8 Å². The molecule has 0 saturated carbocycles. The van der Waals surface area contributed by atoms with Gasteiger partial charge in [0, 0.05) is 12.3 Å². The van der Waals surface area contributed by atoms with Crippen LogP contribution in [-0.4, -0.2) is 23.2 Å². The molecule has 1 aliphatic carbocycles. The normalized spacial score (nSPS) is 13.6. The highest BCUT2D eigenvalue weighted by Crippen LogP contribution is 2.51. The summed E-state index contributed by atoms with van der Waals surface area (Å²) in [5.41, 5.74) is 5.80. The quantitative estimate of drug-likeness (QED) is 0.201. The lowest BCUT2D eigenvalue weighted by Gasteiger charge is -2.31. The number of fused-ring (bicyclic) bond motifs is 4. The highest BCUT2D eigenvalue weighted by atomic mass is 32.2. The number of carbonyl (C=O) groups excluding carboxylic acids is 1. The molecule has 1 heterocycles. The minimum Gasteiger partial charge on any atom is -0.431 e. The summed E-state index contributed by atoms with van der Waals surface area (Å²) in [6, 6.07) is 24.7. The first kappa shape index (κ1) is 22.7. The Kier molecular flexibility index (Phi) is 6.73. The molecule has 3 aromatic carbocycles. The molecule has 34 heavy (non-hydrogen) atoms. The molecule has 0 fully saturated rings. The number of hydrogen-bond donors (Lipinski definition) is 1. The number of hydrogen-bond acceptors (Lipinski definition) is 4. The number of thioether (sulfide) groups is 1. The number of rotatable bonds is 10. The fourth-order valence-electron chi connectivity index (χ4n) is 5.08. The molecule has 5 rings (SSSR count). The summed E-state index contributed by atoms with van der Waals surface area (Å²) < 4.78 is 5.82. The van der Waals surface area contributed by atoms with E-state index in [2.05, 4.69) is 65.8 Å². The molecule has 1 aromatic heterocycles. The maximum atomic E-state index is 13.7. The molecule has 0 radical (unpaired) electrons. The van der Waals surface area contributed by atoms with Gasteiger partial charge in [-0.1, -0.05) is 92.2 Å². The minimum atomic E-state index is -0.615. The number of carbonyl (C=O) groups is 1. The molecule has 1 amide bonds. The molecular formula is C29H30N2O2S. The Labute approximate surface area is 205 Å². The van der Waals surface area contributed by atoms with Gasteiger partial charge in [0.1, 0.15) is 10.9 Å². The van der Waals surface area contributed by atoms with E-state index < -0.39 is 5.41 Å². The molecule has 4 aromatic rings. The van der Waals surface area contributed by atoms with Crippen LogP contribution in [0.4, 0.5) is 0 Å². The monoisotopic (exact) mass is 470 g/mol. The molecule has 1 aliphatic rings. The topological polar surface area (TPSA) is 55.1 Å². The zero-order valence-corrected chi connectivity index (χ0v) is 20.4. The van der Waals surface area contributed by atoms with Crippen molar-refractivity contribution in [1.29, 1.82) is 0 Å². The van der Waals surface area contributed by atoms with Gasteiger partial charge in [-0.25, -0.2) is 4.98 Å². The summed E-state index contributed by atoms with van der Waals surface area (Å²) in [5.74, 6) is 1.09. The van der Waals surface area contributed by atoms with E-state index in [4.69, 9.17) is 4.42 Å². The van der Waals surface area contributed by atoms with Crippen LogP contribution in [0.5, 0.6) is 0 Å². The molecule has 0 atom stereocenters. The van der Waals surface area contributed by atoms with Gasteiger partial charge in [-0.15, -0.1) is 0 Å². The van der Waals surface area contributed by atoms with Crippen molar-refractivity contribution >= 4 is 28.8 Å². The molecule has 1 N–H and O–H groups in total. The van der Waals surface area contributed by atoms with Crippen molar-refractivity contribution in [3.05, 3.63) is 83.9 Å². The van der Waals surface area contributed by atoms with Crippen molar-refractivity contribution in [3.8, 4) is 11.1 Å². The van der Waals surface area contributed by atoms with Gasteiger partial charge in [-0.05, 0) is 53.6 Å². The zero-order chi connectivity index (χ0) is 23.4. The second-order valence-electron chi connectivity index (χ2n) is 8.86. The molecular weight excluding hydrogens is 440 g/mol. The lowest BCUT2D eigenvalue weighted by Crippen LogP contribution is -2.44. The van der Waals surface area contributed by atoms with Crippen LogP contribution < -0.4 is 5.32 Å². The number of para-hydroxylation sites is 2. The number of nitrogens with zero attached hydrogens (tertiary/aromatic N) is 1. The first-order valence-corrected chi connectivity index (χ1v) is 13.2. The fourth-order valence-corrected chi connectivity index (χ4v) is 5.92. The smallest absolute Gasteiger partial charge is 0.256 e. The van der Waals surface area contributed by atoms with E-state index >= 15 is 0 Å². The third-order valence-electron chi connectivity index (χ3n) is 6.68. The van der Waals surface area contributed by atoms with Gasteiger partial charge in [-0.2, -0.15) is 0 Å². The van der Waals surface area contributed by atoms with E-state index in [1.165, 1.54) is 11.1 Å². The number of amides is 1. The van der Waals surface area contributed by atoms with Crippen molar-refractivity contribution in [2.45, 2.75) is 49.7 Å². The van der Waals surface area contributed by atoms with Crippen molar-refractivity contribution in [3.63, 3.8) is 0 Å². The molecule has 5 heteroatoms. The average Bonchev–Trinajstić information content (AvgIpc) is 3.42. The van der Waals surface area contributed by atoms with Gasteiger partial charge in [0.15, 0.2) is 5.58 Å². The average molecular weight is 471 g/mol. The van der Waals surface area contributed by atoms with Gasteiger partial charge in [0.05, 0.1) is 0 Å². The van der Waals surface area contributed by atoms with Gasteiger partial charge in [-0.3, -0.25) is 4.79 Å². The molecule has 174 valence electrons. The molecule has 0 aliphatic heterocycles. The predicted octanol–water partition coefficient (Wildman–Crippen LogP) is 6.97. The van der Waals surface area contributed by atoms with E-state index in [-0.39, 0.29) is 5.91 Å². The summed E-state index contributed by atoms with van der Waals surface area (Å²) in [5, 5.41) is 3.95. The van der Waals surface area contributed by atoms with Crippen LogP contribution in [0.2, 0.25) is 0 Å². The Morgan fingerprint density at radius 1 is 0.912 bits per heavy atom. The highest BCUT2D eigenvalue weighted by Gasteiger charge is 2.48. The number of nitrogens with one attached hydrogen (secondary N) is 1. The van der Waals surface area contributed by atoms with Gasteiger partial charge < -0.3 is 9.73 Å². The van der Waals surface area contributed by atoms with Crippen LogP contribution in [0.15, 0.2) is 82.4 Å². The third kappa shape index (κ3) is 4.14. The van der Waals surface area contributed by atoms with Gasteiger partial charge in [0.25, 0.3) is 5.22 Å². The van der Waals surface area contributed by atoms with E-state index in [1.807, 2.05) is 24.3 Å². The van der Waals surface area contributed by atoms with Crippen LogP contribution in [0, 0.1) is 0 Å². The highest BCUT2D eigenvalue weighted by molar-refractivity contribution is 7.99. The fraction of sp³-hybridized carbons (Fsp3) is 0.310. The number of aromatic nitrogens is 1. The van der Waals surface area contributed by atoms with Crippen LogP contribution in [0.3, 0.4) is 0 Å². The maximum Gasteiger partial charge on any atom is 0.256 e. The minimum absolute atomic E-state index is 0.132. The van der Waals surface area contributed by atoms with Crippen molar-refractivity contribution in [2.75, 3.05) is 12.3 Å². The third-order valence-corrected chi connectivity index (χ3v) is 7.60. The molecule has 0 unspecified atom stereocenters. The van der Waals surface area contributed by atoms with Crippen LogP contribution in [-0.2, 0) is 10.2 Å². The summed E-state index contributed by atoms with van der Waals surface area (Å²) in [6.45, 7) is 2.80. The first-order chi connectivity index (χ1) is 16.7. The molecule has 0 spiro atoms. The predicted molar refractivity (Wildman–Crippen MR) is 139 cm³/mol. The number of unbranched alkanes of at least 4 members (excludes halogenated alkanes) is 2.